The van der Waals surface area contributed by atoms with Crippen LogP contribution in [-0.4, -0.2) is 45.2 Å². The Morgan fingerprint density at radius 2 is 2.00 bits per heavy atom. The van der Waals surface area contributed by atoms with Gasteiger partial charge < -0.3 is 19.2 Å². The van der Waals surface area contributed by atoms with Gasteiger partial charge in [0.1, 0.15) is 16.4 Å². The maximum atomic E-state index is 13.5. The van der Waals surface area contributed by atoms with E-state index in [-0.39, 0.29) is 17.7 Å². The van der Waals surface area contributed by atoms with Crippen molar-refractivity contribution in [1.82, 2.24) is 20.3 Å². The average Bonchev–Trinajstić information content (AvgIpc) is 3.55. The Morgan fingerprint density at radius 3 is 2.71 bits per heavy atom. The third kappa shape index (κ3) is 4.71. The lowest BCUT2D eigenvalue weighted by Crippen LogP contribution is -2.41. The van der Waals surface area contributed by atoms with E-state index in [1.54, 1.807) is 29.7 Å². The highest BCUT2D eigenvalue weighted by Gasteiger charge is 2.31. The number of piperidine rings is 1. The molecule has 4 aromatic rings. The molecule has 3 aromatic heterocycles. The van der Waals surface area contributed by atoms with Crippen molar-refractivity contribution in [3.63, 3.8) is 0 Å². The number of hydrogen-bond acceptors (Lipinski definition) is 9. The minimum absolute atomic E-state index is 0.103. The van der Waals surface area contributed by atoms with Gasteiger partial charge in [0.05, 0.1) is 0 Å². The van der Waals surface area contributed by atoms with Crippen LogP contribution in [0.15, 0.2) is 43.6 Å². The molecule has 0 radical (unpaired) electrons. The number of anilines is 1. The summed E-state index contributed by atoms with van der Waals surface area (Å²) in [6.45, 7) is 4.65. The average molecular weight is 498 g/mol. The Kier molecular flexibility index (Phi) is 6.38. The second-order valence-corrected chi connectivity index (χ2v) is 10.6. The summed E-state index contributed by atoms with van der Waals surface area (Å²) >= 11 is 3.08. The largest absolute Gasteiger partial charge is 0.451 e. The first-order valence-corrected chi connectivity index (χ1v) is 12.7. The third-order valence-electron chi connectivity index (χ3n) is 5.77. The van der Waals surface area contributed by atoms with Crippen LogP contribution in [0.4, 0.5) is 5.82 Å². The molecule has 1 aliphatic heterocycles. The minimum atomic E-state index is -0.188. The van der Waals surface area contributed by atoms with Crippen molar-refractivity contribution in [2.24, 2.45) is 5.92 Å². The van der Waals surface area contributed by atoms with E-state index in [0.29, 0.717) is 54.6 Å². The van der Waals surface area contributed by atoms with Gasteiger partial charge in [-0.3, -0.25) is 9.59 Å². The van der Waals surface area contributed by atoms with Crippen LogP contribution in [0.2, 0.25) is 0 Å². The minimum Gasteiger partial charge on any atom is -0.451 e. The van der Waals surface area contributed by atoms with Crippen LogP contribution in [-0.2, 0) is 10.5 Å². The summed E-state index contributed by atoms with van der Waals surface area (Å²) in [4.78, 5) is 27.8. The number of aryl methyl sites for hydroxylation is 2. The molecule has 1 aliphatic rings. The zero-order chi connectivity index (χ0) is 23.7. The molecule has 5 rings (SSSR count). The van der Waals surface area contributed by atoms with E-state index in [1.807, 2.05) is 31.2 Å². The van der Waals surface area contributed by atoms with Gasteiger partial charge in [-0.25, -0.2) is 0 Å². The maximum absolute atomic E-state index is 13.5. The van der Waals surface area contributed by atoms with Gasteiger partial charge >= 0.3 is 0 Å². The topological polar surface area (TPSA) is 114 Å². The number of thioether (sulfide) groups is 1. The van der Waals surface area contributed by atoms with Crippen molar-refractivity contribution in [3.8, 4) is 0 Å². The van der Waals surface area contributed by atoms with Gasteiger partial charge in [0.25, 0.3) is 5.91 Å². The lowest BCUT2D eigenvalue weighted by atomic mass is 9.95. The van der Waals surface area contributed by atoms with Gasteiger partial charge in [0.15, 0.2) is 15.9 Å². The fraction of sp³-hybridized carbons (Fsp3) is 0.348. The Balaban J connectivity index is 1.28. The van der Waals surface area contributed by atoms with E-state index in [1.165, 1.54) is 11.3 Å². The van der Waals surface area contributed by atoms with Gasteiger partial charge in [-0.05, 0) is 32.8 Å². The van der Waals surface area contributed by atoms with Crippen LogP contribution < -0.4 is 5.32 Å². The SMILES string of the molecule is Cc1cc(NC(=O)C2CCN(C(=O)c3oc4ccccc4c3CSc3nnc(C)s3)CC2)no1. The molecule has 0 bridgehead atoms. The number of fused-ring (bicyclic) bond motifs is 1. The van der Waals surface area contributed by atoms with Crippen molar-refractivity contribution in [1.29, 1.82) is 0 Å². The number of furan rings is 1. The fourth-order valence-electron chi connectivity index (χ4n) is 4.03. The number of rotatable bonds is 6. The quantitative estimate of drug-likeness (QED) is 0.382. The lowest BCUT2D eigenvalue weighted by molar-refractivity contribution is -0.121. The summed E-state index contributed by atoms with van der Waals surface area (Å²) in [6.07, 6.45) is 1.14. The third-order valence-corrected chi connectivity index (χ3v) is 7.77. The highest BCUT2D eigenvalue weighted by atomic mass is 32.2. The molecule has 2 amide bonds. The van der Waals surface area contributed by atoms with Crippen molar-refractivity contribution >= 4 is 51.7 Å². The predicted molar refractivity (Wildman–Crippen MR) is 129 cm³/mol. The van der Waals surface area contributed by atoms with E-state index in [2.05, 4.69) is 20.7 Å². The molecule has 11 heteroatoms. The number of para-hydroxylation sites is 1. The smallest absolute Gasteiger partial charge is 0.289 e. The Labute approximate surface area is 203 Å². The normalized spacial score (nSPS) is 14.6. The van der Waals surface area contributed by atoms with Crippen LogP contribution in [0.3, 0.4) is 0 Å². The summed E-state index contributed by atoms with van der Waals surface area (Å²) in [6, 6.07) is 9.36. The molecule has 9 nitrogen and oxygen atoms in total. The molecule has 1 aromatic carbocycles. The Hall–Kier alpha value is -3.18. The summed E-state index contributed by atoms with van der Waals surface area (Å²) < 4.78 is 11.9. The number of benzene rings is 1. The monoisotopic (exact) mass is 497 g/mol. The van der Waals surface area contributed by atoms with E-state index >= 15 is 0 Å². The van der Waals surface area contributed by atoms with Crippen LogP contribution in [0.5, 0.6) is 0 Å². The summed E-state index contributed by atoms with van der Waals surface area (Å²) in [7, 11) is 0. The van der Waals surface area contributed by atoms with E-state index in [9.17, 15) is 9.59 Å². The number of hydrogen-bond donors (Lipinski definition) is 1. The molecule has 0 unspecified atom stereocenters. The van der Waals surface area contributed by atoms with Gasteiger partial charge in [0.2, 0.25) is 5.91 Å². The van der Waals surface area contributed by atoms with Crippen LogP contribution in [0.1, 0.15) is 39.7 Å². The molecule has 0 spiro atoms. The summed E-state index contributed by atoms with van der Waals surface area (Å²) in [5.74, 6) is 1.53. The van der Waals surface area contributed by atoms with Crippen molar-refractivity contribution in [3.05, 3.63) is 52.4 Å². The number of aromatic nitrogens is 3. The molecular formula is C23H23N5O4S2. The maximum Gasteiger partial charge on any atom is 0.289 e. The van der Waals surface area contributed by atoms with E-state index in [0.717, 1.165) is 20.3 Å². The highest BCUT2D eigenvalue weighted by molar-refractivity contribution is 8.00. The Bertz CT molecular complexity index is 1340. The lowest BCUT2D eigenvalue weighted by Gasteiger charge is -2.30. The molecule has 1 N–H and O–H groups in total. The van der Waals surface area contributed by atoms with Gasteiger partial charge in [-0.15, -0.1) is 10.2 Å². The number of carbonyl (C=O) groups excluding carboxylic acids is 2. The highest BCUT2D eigenvalue weighted by Crippen LogP contribution is 2.34. The van der Waals surface area contributed by atoms with Crippen molar-refractivity contribution < 1.29 is 18.5 Å². The Morgan fingerprint density at radius 1 is 1.21 bits per heavy atom. The summed E-state index contributed by atoms with van der Waals surface area (Å²) in [5, 5.41) is 16.7. The first kappa shape index (κ1) is 22.6. The zero-order valence-corrected chi connectivity index (χ0v) is 20.4. The summed E-state index contributed by atoms with van der Waals surface area (Å²) in [5.41, 5.74) is 1.55. The fourth-order valence-corrected chi connectivity index (χ4v) is 5.87. The van der Waals surface area contributed by atoms with Crippen molar-refractivity contribution in [2.75, 3.05) is 18.4 Å². The van der Waals surface area contributed by atoms with Gasteiger partial charge in [-0.2, -0.15) is 0 Å². The molecule has 4 heterocycles. The van der Waals surface area contributed by atoms with Gasteiger partial charge in [-0.1, -0.05) is 46.5 Å². The molecule has 1 fully saturated rings. The van der Waals surface area contributed by atoms with Gasteiger partial charge in [0, 0.05) is 41.8 Å². The molecule has 176 valence electrons. The van der Waals surface area contributed by atoms with Crippen molar-refractivity contribution in [2.45, 2.75) is 36.8 Å². The second-order valence-electron chi connectivity index (χ2n) is 8.16. The van der Waals surface area contributed by atoms with Crippen LogP contribution in [0, 0.1) is 19.8 Å². The number of amides is 2. The first-order chi connectivity index (χ1) is 16.5. The standard InChI is InChI=1S/C23H23N5O4S2/c1-13-11-19(27-32-13)24-21(29)15-7-9-28(10-8-15)22(30)20-17(12-33-23-26-25-14(2)34-23)16-5-3-4-6-18(16)31-20/h3-6,11,15H,7-10,12H2,1-2H3,(H,24,27,29). The zero-order valence-electron chi connectivity index (χ0n) is 18.7. The van der Waals surface area contributed by atoms with E-state index in [4.69, 9.17) is 8.94 Å². The molecular weight excluding hydrogens is 474 g/mol. The van der Waals surface area contributed by atoms with Crippen LogP contribution >= 0.6 is 23.1 Å². The number of nitrogens with zero attached hydrogens (tertiary/aromatic N) is 4. The molecule has 1 saturated heterocycles. The van der Waals surface area contributed by atoms with Crippen LogP contribution in [0.25, 0.3) is 11.0 Å². The predicted octanol–water partition coefficient (Wildman–Crippen LogP) is 4.67. The molecule has 0 atom stereocenters. The second kappa shape index (κ2) is 9.59. The number of likely N-dealkylation sites (tertiary alicyclic amines) is 1. The molecule has 34 heavy (non-hydrogen) atoms. The molecule has 0 aliphatic carbocycles. The molecule has 0 saturated carbocycles. The first-order valence-electron chi connectivity index (χ1n) is 10.9. The number of carbonyl (C=O) groups is 2. The number of nitrogens with one attached hydrogen (secondary N) is 1. The van der Waals surface area contributed by atoms with E-state index < -0.39 is 0 Å².